The highest BCUT2D eigenvalue weighted by atomic mass is 31.2. The van der Waals surface area contributed by atoms with Crippen LogP contribution in [0.1, 0.15) is 364 Å². The fourth-order valence-corrected chi connectivity index (χ4v) is 12.5. The first-order valence-corrected chi connectivity index (χ1v) is 40.8. The second kappa shape index (κ2) is 62.6. The van der Waals surface area contributed by atoms with Gasteiger partial charge in [0.1, 0.15) is 19.3 Å². The van der Waals surface area contributed by atoms with Crippen molar-refractivity contribution in [2.45, 2.75) is 382 Å². The SMILES string of the molecule is CCC(C)CCCCCCCCC(=O)OC[C@H](COP(=O)(O)OC[C@H](O)COP(=O)(O)OC[C@@H](COC(=O)CCCCCCCCCCCCCCCCCC(C)C)OC(=O)CCCCCCCCC(C)CC)OC(=O)CCCCCCCCCCCCCC(C)C. The fraction of sp³-hybridized carbons (Fsp3) is 0.945. The van der Waals surface area contributed by atoms with Gasteiger partial charge in [-0.05, 0) is 49.4 Å². The van der Waals surface area contributed by atoms with Gasteiger partial charge in [0.15, 0.2) is 12.2 Å². The zero-order valence-corrected chi connectivity index (χ0v) is 62.0. The number of phosphoric ester groups is 2. The third-order valence-corrected chi connectivity index (χ3v) is 19.4. The van der Waals surface area contributed by atoms with Crippen LogP contribution < -0.4 is 0 Å². The highest BCUT2D eigenvalue weighted by Crippen LogP contribution is 2.45. The molecule has 4 unspecified atom stereocenters. The summed E-state index contributed by atoms with van der Waals surface area (Å²) < 4.78 is 68.4. The highest BCUT2D eigenvalue weighted by molar-refractivity contribution is 7.47. The van der Waals surface area contributed by atoms with Gasteiger partial charge >= 0.3 is 39.5 Å². The monoisotopic (exact) mass is 1350 g/mol. The Morgan fingerprint density at radius 2 is 0.522 bits per heavy atom. The van der Waals surface area contributed by atoms with Gasteiger partial charge in [-0.25, -0.2) is 9.13 Å². The highest BCUT2D eigenvalue weighted by Gasteiger charge is 2.30. The minimum atomic E-state index is -4.95. The number of ether oxygens (including phenoxy) is 4. The molecule has 0 fully saturated rings. The lowest BCUT2D eigenvalue weighted by atomic mass is 10.00. The lowest BCUT2D eigenvalue weighted by molar-refractivity contribution is -0.161. The van der Waals surface area contributed by atoms with Gasteiger partial charge in [-0.15, -0.1) is 0 Å². The first kappa shape index (κ1) is 90.1. The van der Waals surface area contributed by atoms with E-state index in [0.717, 1.165) is 120 Å². The lowest BCUT2D eigenvalue weighted by Crippen LogP contribution is -2.30. The van der Waals surface area contributed by atoms with E-state index in [1.807, 2.05) is 0 Å². The molecule has 0 bridgehead atoms. The normalized spacial score (nSPS) is 14.8. The molecule has 17 nitrogen and oxygen atoms in total. The molecule has 0 heterocycles. The van der Waals surface area contributed by atoms with Gasteiger partial charge in [0.05, 0.1) is 26.4 Å². The third-order valence-electron chi connectivity index (χ3n) is 17.5. The second-order valence-electron chi connectivity index (χ2n) is 27.8. The predicted octanol–water partition coefficient (Wildman–Crippen LogP) is 20.9. The molecule has 0 aliphatic rings. The van der Waals surface area contributed by atoms with E-state index in [0.29, 0.717) is 25.7 Å². The summed E-state index contributed by atoms with van der Waals surface area (Å²) in [6, 6.07) is 0. The van der Waals surface area contributed by atoms with Crippen LogP contribution in [-0.2, 0) is 65.4 Å². The molecule has 0 amide bonds. The standard InChI is InChI=1S/C73H142O17P2/c1-9-65(7)51-43-35-29-31-38-46-54-71(76)84-60-68(89-72(77)55-47-39-28-24-20-16-18-22-26-34-42-50-64(5)6)61-87-91(79,80)85-57-67(74)58-86-92(81,82)88-62-69(90-73(78)56-48-40-32-30-36-44-52-66(8)10-2)59-83-70(75)53-45-37-27-23-19-15-13-11-12-14-17-21-25-33-41-49-63(3)4/h63-69,74H,9-62H2,1-8H3,(H,79,80)(H,81,82)/t65?,66?,67-,68+,69+/m0/s1. The van der Waals surface area contributed by atoms with Crippen molar-refractivity contribution in [3.05, 3.63) is 0 Å². The number of unbranched alkanes of at least 4 members (excludes halogenated alkanes) is 34. The molecule has 546 valence electrons. The van der Waals surface area contributed by atoms with Gasteiger partial charge in [-0.3, -0.25) is 37.3 Å². The van der Waals surface area contributed by atoms with Gasteiger partial charge in [0.2, 0.25) is 0 Å². The van der Waals surface area contributed by atoms with Crippen molar-refractivity contribution in [3.8, 4) is 0 Å². The third kappa shape index (κ3) is 64.1. The van der Waals surface area contributed by atoms with Gasteiger partial charge in [0.25, 0.3) is 0 Å². The quantitative estimate of drug-likeness (QED) is 0.0222. The first-order chi connectivity index (χ1) is 44.2. The van der Waals surface area contributed by atoms with E-state index in [9.17, 15) is 43.2 Å². The molecule has 0 aromatic carbocycles. The molecule has 0 rings (SSSR count). The smallest absolute Gasteiger partial charge is 0.462 e. The summed E-state index contributed by atoms with van der Waals surface area (Å²) in [7, 11) is -9.91. The van der Waals surface area contributed by atoms with E-state index in [4.69, 9.17) is 37.0 Å². The Labute approximate surface area is 562 Å². The number of aliphatic hydroxyl groups is 1. The summed E-state index contributed by atoms with van der Waals surface area (Å²) in [5, 5.41) is 10.6. The summed E-state index contributed by atoms with van der Waals surface area (Å²) in [5.41, 5.74) is 0. The Kier molecular flexibility index (Phi) is 61.3. The summed E-state index contributed by atoms with van der Waals surface area (Å²) >= 11 is 0. The Bertz CT molecular complexity index is 1820. The van der Waals surface area contributed by atoms with Crippen molar-refractivity contribution in [3.63, 3.8) is 0 Å². The molecule has 0 aliphatic carbocycles. The average Bonchev–Trinajstić information content (AvgIpc) is 2.00. The van der Waals surface area contributed by atoms with Crippen LogP contribution in [0, 0.1) is 23.7 Å². The predicted molar refractivity (Wildman–Crippen MR) is 372 cm³/mol. The van der Waals surface area contributed by atoms with Crippen molar-refractivity contribution in [2.24, 2.45) is 23.7 Å². The minimum absolute atomic E-state index is 0.103. The number of hydrogen-bond acceptors (Lipinski definition) is 15. The van der Waals surface area contributed by atoms with E-state index >= 15 is 0 Å². The van der Waals surface area contributed by atoms with Gasteiger partial charge in [-0.2, -0.15) is 0 Å². The van der Waals surface area contributed by atoms with Crippen molar-refractivity contribution >= 4 is 39.5 Å². The van der Waals surface area contributed by atoms with Gasteiger partial charge < -0.3 is 33.8 Å². The Balaban J connectivity index is 5.20. The van der Waals surface area contributed by atoms with E-state index in [2.05, 4.69) is 55.4 Å². The number of hydrogen-bond donors (Lipinski definition) is 3. The Morgan fingerprint density at radius 3 is 0.772 bits per heavy atom. The molecule has 0 aromatic heterocycles. The molecule has 0 spiro atoms. The summed E-state index contributed by atoms with van der Waals surface area (Å²) in [4.78, 5) is 72.6. The zero-order chi connectivity index (χ0) is 68.2. The Morgan fingerprint density at radius 1 is 0.304 bits per heavy atom. The maximum atomic E-state index is 13.0. The number of esters is 4. The molecule has 3 N–H and O–H groups in total. The average molecular weight is 1350 g/mol. The second-order valence-corrected chi connectivity index (χ2v) is 30.7. The van der Waals surface area contributed by atoms with E-state index < -0.39 is 97.5 Å². The number of rotatable bonds is 70. The van der Waals surface area contributed by atoms with Crippen LogP contribution in [0.25, 0.3) is 0 Å². The zero-order valence-electron chi connectivity index (χ0n) is 60.2. The maximum Gasteiger partial charge on any atom is 0.472 e. The largest absolute Gasteiger partial charge is 0.472 e. The first-order valence-electron chi connectivity index (χ1n) is 37.8. The molecule has 92 heavy (non-hydrogen) atoms. The van der Waals surface area contributed by atoms with Crippen LogP contribution in [0.4, 0.5) is 0 Å². The van der Waals surface area contributed by atoms with E-state index in [1.54, 1.807) is 0 Å². The van der Waals surface area contributed by atoms with Crippen molar-refractivity contribution in [1.82, 2.24) is 0 Å². The maximum absolute atomic E-state index is 13.0. The molecular weight excluding hydrogens is 1210 g/mol. The van der Waals surface area contributed by atoms with Crippen LogP contribution >= 0.6 is 15.6 Å². The summed E-state index contributed by atoms with van der Waals surface area (Å²) in [6.45, 7) is 14.1. The molecular formula is C73H142O17P2. The van der Waals surface area contributed by atoms with Gasteiger partial charge in [-0.1, -0.05) is 312 Å². The minimum Gasteiger partial charge on any atom is -0.462 e. The topological polar surface area (TPSA) is 237 Å². The molecule has 0 saturated carbocycles. The molecule has 0 aliphatic heterocycles. The van der Waals surface area contributed by atoms with Crippen LogP contribution in [0.2, 0.25) is 0 Å². The van der Waals surface area contributed by atoms with Crippen LogP contribution in [0.5, 0.6) is 0 Å². The fourth-order valence-electron chi connectivity index (χ4n) is 11.0. The number of carbonyl (C=O) groups is 4. The summed E-state index contributed by atoms with van der Waals surface area (Å²) in [5.74, 6) is 0.894. The Hall–Kier alpha value is -1.94. The van der Waals surface area contributed by atoms with Crippen molar-refractivity contribution in [1.29, 1.82) is 0 Å². The van der Waals surface area contributed by atoms with Gasteiger partial charge in [0, 0.05) is 25.7 Å². The van der Waals surface area contributed by atoms with Crippen molar-refractivity contribution in [2.75, 3.05) is 39.6 Å². The number of aliphatic hydroxyl groups excluding tert-OH is 1. The van der Waals surface area contributed by atoms with E-state index in [1.165, 1.54) is 161 Å². The van der Waals surface area contributed by atoms with Crippen LogP contribution in [0.15, 0.2) is 0 Å². The molecule has 7 atom stereocenters. The van der Waals surface area contributed by atoms with E-state index in [-0.39, 0.29) is 25.7 Å². The number of phosphoric acid groups is 2. The lowest BCUT2D eigenvalue weighted by Gasteiger charge is -2.21. The van der Waals surface area contributed by atoms with Crippen LogP contribution in [0.3, 0.4) is 0 Å². The number of carbonyl (C=O) groups excluding carboxylic acids is 4. The molecule has 0 saturated heterocycles. The van der Waals surface area contributed by atoms with Crippen LogP contribution in [-0.4, -0.2) is 96.7 Å². The van der Waals surface area contributed by atoms with Crippen molar-refractivity contribution < 1.29 is 80.2 Å². The molecule has 19 heteroatoms. The molecule has 0 aromatic rings. The molecule has 0 radical (unpaired) electrons. The summed E-state index contributed by atoms with van der Waals surface area (Å²) in [6.07, 6.45) is 45.9.